The molecule has 3 rings (SSSR count). The van der Waals surface area contributed by atoms with E-state index in [1.165, 1.54) is 16.5 Å². The topological polar surface area (TPSA) is 40.3 Å². The number of H-pyrrole nitrogens is 1. The summed E-state index contributed by atoms with van der Waals surface area (Å²) in [6.07, 6.45) is 3.06. The van der Waals surface area contributed by atoms with Crippen LogP contribution in [0.25, 0.3) is 10.9 Å². The molecule has 0 aliphatic carbocycles. The van der Waals surface area contributed by atoms with Crippen LogP contribution >= 0.6 is 0 Å². The van der Waals surface area contributed by atoms with Gasteiger partial charge in [-0.2, -0.15) is 0 Å². The minimum Gasteiger partial charge on any atom is -0.478 e. The van der Waals surface area contributed by atoms with Crippen LogP contribution in [0.5, 0.6) is 5.75 Å². The molecule has 0 bridgehead atoms. The molecular formula is C14H19N3O. The van der Waals surface area contributed by atoms with Gasteiger partial charge in [-0.1, -0.05) is 0 Å². The number of fused-ring (bicyclic) bond motifs is 2. The van der Waals surface area contributed by atoms with Crippen LogP contribution in [0.15, 0.2) is 24.4 Å². The van der Waals surface area contributed by atoms with Crippen LogP contribution in [-0.4, -0.2) is 37.3 Å². The molecule has 18 heavy (non-hydrogen) atoms. The van der Waals surface area contributed by atoms with Crippen molar-refractivity contribution < 1.29 is 4.74 Å². The summed E-state index contributed by atoms with van der Waals surface area (Å²) in [5, 5.41) is 4.63. The van der Waals surface area contributed by atoms with E-state index in [9.17, 15) is 0 Å². The number of aromatic nitrogens is 1. The Balaban J connectivity index is 1.93. The number of nitrogens with one attached hydrogen (secondary N) is 2. The van der Waals surface area contributed by atoms with Gasteiger partial charge >= 0.3 is 0 Å². The van der Waals surface area contributed by atoms with Crippen LogP contribution in [-0.2, 0) is 0 Å². The van der Waals surface area contributed by atoms with Crippen molar-refractivity contribution in [2.75, 3.05) is 27.4 Å². The van der Waals surface area contributed by atoms with Gasteiger partial charge in [-0.05, 0) is 45.3 Å². The van der Waals surface area contributed by atoms with E-state index in [1.54, 1.807) is 0 Å². The second-order valence-corrected chi connectivity index (χ2v) is 5.09. The molecule has 1 atom stereocenters. The summed E-state index contributed by atoms with van der Waals surface area (Å²) in [5.74, 6) is 1.02. The van der Waals surface area contributed by atoms with E-state index < -0.39 is 0 Å². The largest absolute Gasteiger partial charge is 0.478 e. The molecule has 1 aliphatic heterocycles. The molecule has 1 aliphatic rings. The lowest BCUT2D eigenvalue weighted by atomic mass is 10.00. The summed E-state index contributed by atoms with van der Waals surface area (Å²) in [5.41, 5.74) is 2.44. The number of hydrogen-bond acceptors (Lipinski definition) is 3. The summed E-state index contributed by atoms with van der Waals surface area (Å²) >= 11 is 0. The van der Waals surface area contributed by atoms with Gasteiger partial charge in [-0.25, -0.2) is 0 Å². The highest BCUT2D eigenvalue weighted by Gasteiger charge is 2.21. The zero-order valence-electron chi connectivity index (χ0n) is 10.9. The second kappa shape index (κ2) is 4.63. The van der Waals surface area contributed by atoms with Crippen molar-refractivity contribution in [1.29, 1.82) is 0 Å². The lowest BCUT2D eigenvalue weighted by Crippen LogP contribution is -2.33. The van der Waals surface area contributed by atoms with Gasteiger partial charge in [-0.3, -0.25) is 5.32 Å². The zero-order valence-corrected chi connectivity index (χ0v) is 10.9. The third-order valence-corrected chi connectivity index (χ3v) is 3.48. The SMILES string of the molecule is CN(C)CCC1NCOc2cc3cc[nH]c3cc21. The highest BCUT2D eigenvalue weighted by atomic mass is 16.5. The van der Waals surface area contributed by atoms with Crippen molar-refractivity contribution in [3.63, 3.8) is 0 Å². The van der Waals surface area contributed by atoms with Crippen molar-refractivity contribution >= 4 is 10.9 Å². The van der Waals surface area contributed by atoms with Crippen molar-refractivity contribution in [3.05, 3.63) is 30.0 Å². The number of ether oxygens (including phenoxy) is 1. The minimum absolute atomic E-state index is 0.379. The molecule has 0 spiro atoms. The Morgan fingerprint density at radius 1 is 1.39 bits per heavy atom. The molecule has 2 N–H and O–H groups in total. The van der Waals surface area contributed by atoms with E-state index in [-0.39, 0.29) is 0 Å². The monoisotopic (exact) mass is 245 g/mol. The van der Waals surface area contributed by atoms with E-state index in [1.807, 2.05) is 6.20 Å². The number of benzene rings is 1. The first kappa shape index (κ1) is 11.6. The average Bonchev–Trinajstić information content (AvgIpc) is 2.80. The summed E-state index contributed by atoms with van der Waals surface area (Å²) < 4.78 is 5.70. The summed E-state index contributed by atoms with van der Waals surface area (Å²) in [4.78, 5) is 5.47. The Bertz CT molecular complexity index is 547. The predicted molar refractivity (Wildman–Crippen MR) is 72.8 cm³/mol. The Hall–Kier alpha value is -1.52. The number of nitrogens with zero attached hydrogens (tertiary/aromatic N) is 1. The fourth-order valence-corrected chi connectivity index (χ4v) is 2.47. The third-order valence-electron chi connectivity index (χ3n) is 3.48. The maximum absolute atomic E-state index is 5.70. The summed E-state index contributed by atoms with van der Waals surface area (Å²) in [6.45, 7) is 1.67. The van der Waals surface area contributed by atoms with Crippen LogP contribution in [0.1, 0.15) is 18.0 Å². The van der Waals surface area contributed by atoms with E-state index in [0.717, 1.165) is 18.7 Å². The smallest absolute Gasteiger partial charge is 0.140 e. The Labute approximate surface area is 107 Å². The number of rotatable bonds is 3. The van der Waals surface area contributed by atoms with Gasteiger partial charge in [0, 0.05) is 28.7 Å². The molecule has 4 nitrogen and oxygen atoms in total. The lowest BCUT2D eigenvalue weighted by Gasteiger charge is -2.28. The van der Waals surface area contributed by atoms with Gasteiger partial charge < -0.3 is 14.6 Å². The first-order chi connectivity index (χ1) is 8.74. The zero-order chi connectivity index (χ0) is 12.5. The molecule has 4 heteroatoms. The molecule has 0 saturated carbocycles. The standard InChI is InChI=1S/C14H19N3O/c1-17(2)6-4-12-11-8-13-10(3-5-15-13)7-14(11)18-9-16-12/h3,5,7-8,12,15-16H,4,6,9H2,1-2H3. The van der Waals surface area contributed by atoms with Gasteiger partial charge in [0.05, 0.1) is 0 Å². The Morgan fingerprint density at radius 3 is 3.11 bits per heavy atom. The molecule has 0 fully saturated rings. The fraction of sp³-hybridized carbons (Fsp3) is 0.429. The molecule has 1 unspecified atom stereocenters. The Kier molecular flexibility index (Phi) is 2.97. The van der Waals surface area contributed by atoms with E-state index in [0.29, 0.717) is 12.8 Å². The lowest BCUT2D eigenvalue weighted by molar-refractivity contribution is 0.219. The highest BCUT2D eigenvalue weighted by Crippen LogP contribution is 2.34. The maximum atomic E-state index is 5.70. The van der Waals surface area contributed by atoms with Crippen LogP contribution in [0.4, 0.5) is 0 Å². The van der Waals surface area contributed by atoms with Gasteiger partial charge in [0.1, 0.15) is 12.5 Å². The van der Waals surface area contributed by atoms with Crippen LogP contribution in [0.2, 0.25) is 0 Å². The van der Waals surface area contributed by atoms with E-state index in [4.69, 9.17) is 4.74 Å². The number of hydrogen-bond donors (Lipinski definition) is 2. The Morgan fingerprint density at radius 2 is 2.28 bits per heavy atom. The molecule has 0 radical (unpaired) electrons. The molecular weight excluding hydrogens is 226 g/mol. The second-order valence-electron chi connectivity index (χ2n) is 5.09. The molecule has 96 valence electrons. The first-order valence-electron chi connectivity index (χ1n) is 6.36. The van der Waals surface area contributed by atoms with Crippen molar-refractivity contribution in [2.45, 2.75) is 12.5 Å². The van der Waals surface area contributed by atoms with Gasteiger partial charge in [0.2, 0.25) is 0 Å². The molecule has 1 aromatic heterocycles. The van der Waals surface area contributed by atoms with Gasteiger partial charge in [-0.15, -0.1) is 0 Å². The fourth-order valence-electron chi connectivity index (χ4n) is 2.47. The van der Waals surface area contributed by atoms with Crippen LogP contribution < -0.4 is 10.1 Å². The average molecular weight is 245 g/mol. The maximum Gasteiger partial charge on any atom is 0.140 e. The van der Waals surface area contributed by atoms with Crippen molar-refractivity contribution in [1.82, 2.24) is 15.2 Å². The van der Waals surface area contributed by atoms with Gasteiger partial charge in [0.25, 0.3) is 0 Å². The predicted octanol–water partition coefficient (Wildman–Crippen LogP) is 2.10. The molecule has 0 saturated heterocycles. The van der Waals surface area contributed by atoms with Crippen LogP contribution in [0.3, 0.4) is 0 Å². The normalized spacial score (nSPS) is 18.9. The minimum atomic E-state index is 0.379. The van der Waals surface area contributed by atoms with Crippen LogP contribution in [0, 0.1) is 0 Å². The van der Waals surface area contributed by atoms with Crippen molar-refractivity contribution in [3.8, 4) is 5.75 Å². The molecule has 1 aromatic carbocycles. The molecule has 2 heterocycles. The highest BCUT2D eigenvalue weighted by molar-refractivity contribution is 5.82. The van der Waals surface area contributed by atoms with E-state index >= 15 is 0 Å². The first-order valence-corrected chi connectivity index (χ1v) is 6.36. The summed E-state index contributed by atoms with van der Waals surface area (Å²) in [6, 6.07) is 6.79. The molecule has 2 aromatic rings. The summed E-state index contributed by atoms with van der Waals surface area (Å²) in [7, 11) is 4.21. The van der Waals surface area contributed by atoms with Crippen molar-refractivity contribution in [2.24, 2.45) is 0 Å². The van der Waals surface area contributed by atoms with Gasteiger partial charge in [0.15, 0.2) is 0 Å². The van der Waals surface area contributed by atoms with E-state index in [2.05, 4.69) is 47.5 Å². The quantitative estimate of drug-likeness (QED) is 0.870. The molecule has 0 amide bonds. The third kappa shape index (κ3) is 2.09. The number of aromatic amines is 1.